The van der Waals surface area contributed by atoms with E-state index < -0.39 is 0 Å². The molecule has 0 bridgehead atoms. The van der Waals surface area contributed by atoms with Crippen LogP contribution in [0, 0.1) is 0 Å². The van der Waals surface area contributed by atoms with Crippen molar-refractivity contribution in [3.63, 3.8) is 0 Å². The van der Waals surface area contributed by atoms with Crippen LogP contribution in [-0.4, -0.2) is 36.6 Å². The molecular formula is C11H24N2. The average Bonchev–Trinajstić information content (AvgIpc) is 2.14. The number of nitrogens with one attached hydrogen (secondary N) is 1. The predicted octanol–water partition coefficient (Wildman–Crippen LogP) is 1.86. The second-order valence-corrected chi connectivity index (χ2v) is 4.20. The van der Waals surface area contributed by atoms with Crippen LogP contribution in [0.25, 0.3) is 0 Å². The second kappa shape index (κ2) is 5.61. The van der Waals surface area contributed by atoms with Crippen molar-refractivity contribution in [3.8, 4) is 0 Å². The van der Waals surface area contributed by atoms with Crippen LogP contribution in [0.15, 0.2) is 0 Å². The van der Waals surface area contributed by atoms with Crippen molar-refractivity contribution in [1.82, 2.24) is 10.2 Å². The molecule has 1 fully saturated rings. The third-order valence-electron chi connectivity index (χ3n) is 3.01. The van der Waals surface area contributed by atoms with Gasteiger partial charge in [-0.2, -0.15) is 0 Å². The molecule has 0 aliphatic carbocycles. The largest absolute Gasteiger partial charge is 0.312 e. The molecule has 1 saturated heterocycles. The van der Waals surface area contributed by atoms with Gasteiger partial charge in [0.25, 0.3) is 0 Å². The number of hydrogen-bond acceptors (Lipinski definition) is 2. The first-order chi connectivity index (χ1) is 6.27. The van der Waals surface area contributed by atoms with Gasteiger partial charge in [0, 0.05) is 31.7 Å². The summed E-state index contributed by atoms with van der Waals surface area (Å²) in [7, 11) is 0. The van der Waals surface area contributed by atoms with Gasteiger partial charge >= 0.3 is 0 Å². The molecule has 0 aromatic rings. The lowest BCUT2D eigenvalue weighted by Crippen LogP contribution is -2.52. The third-order valence-corrected chi connectivity index (χ3v) is 3.01. The molecule has 0 saturated carbocycles. The lowest BCUT2D eigenvalue weighted by atomic mass is 10.1. The van der Waals surface area contributed by atoms with E-state index in [-0.39, 0.29) is 0 Å². The molecule has 0 amide bonds. The minimum absolute atomic E-state index is 0.680. The van der Waals surface area contributed by atoms with Crippen LogP contribution in [0.4, 0.5) is 0 Å². The van der Waals surface area contributed by atoms with E-state index in [1.165, 1.54) is 38.9 Å². The van der Waals surface area contributed by atoms with E-state index in [1.54, 1.807) is 0 Å². The second-order valence-electron chi connectivity index (χ2n) is 4.20. The van der Waals surface area contributed by atoms with Crippen molar-refractivity contribution in [2.24, 2.45) is 0 Å². The van der Waals surface area contributed by atoms with Crippen molar-refractivity contribution in [2.45, 2.75) is 52.1 Å². The van der Waals surface area contributed by atoms with Gasteiger partial charge in [-0.1, -0.05) is 20.3 Å². The molecule has 2 atom stereocenters. The molecule has 13 heavy (non-hydrogen) atoms. The SMILES string of the molecule is CCCC(CC)N1CCNC(C)C1. The predicted molar refractivity (Wildman–Crippen MR) is 58.0 cm³/mol. The fourth-order valence-corrected chi connectivity index (χ4v) is 2.27. The van der Waals surface area contributed by atoms with Crippen LogP contribution in [-0.2, 0) is 0 Å². The summed E-state index contributed by atoms with van der Waals surface area (Å²) in [4.78, 5) is 2.66. The molecular weight excluding hydrogens is 160 g/mol. The molecule has 0 aromatic carbocycles. The summed E-state index contributed by atoms with van der Waals surface area (Å²) in [6, 6.07) is 1.51. The fourth-order valence-electron chi connectivity index (χ4n) is 2.27. The van der Waals surface area contributed by atoms with Gasteiger partial charge in [-0.3, -0.25) is 4.90 Å². The van der Waals surface area contributed by atoms with E-state index in [0.717, 1.165) is 6.04 Å². The zero-order valence-corrected chi connectivity index (χ0v) is 9.34. The van der Waals surface area contributed by atoms with Crippen LogP contribution < -0.4 is 5.32 Å². The highest BCUT2D eigenvalue weighted by atomic mass is 15.2. The van der Waals surface area contributed by atoms with E-state index in [4.69, 9.17) is 0 Å². The minimum Gasteiger partial charge on any atom is -0.312 e. The molecule has 0 aromatic heterocycles. The summed E-state index contributed by atoms with van der Waals surface area (Å²) in [5, 5.41) is 3.49. The van der Waals surface area contributed by atoms with Crippen molar-refractivity contribution in [1.29, 1.82) is 0 Å². The lowest BCUT2D eigenvalue weighted by Gasteiger charge is -2.37. The first-order valence-electron chi connectivity index (χ1n) is 5.75. The Morgan fingerprint density at radius 3 is 2.77 bits per heavy atom. The molecule has 1 rings (SSSR count). The summed E-state index contributed by atoms with van der Waals surface area (Å²) in [5.74, 6) is 0. The lowest BCUT2D eigenvalue weighted by molar-refractivity contribution is 0.137. The average molecular weight is 184 g/mol. The summed E-state index contributed by atoms with van der Waals surface area (Å²) in [6.45, 7) is 10.5. The van der Waals surface area contributed by atoms with E-state index >= 15 is 0 Å². The molecule has 1 aliphatic heterocycles. The van der Waals surface area contributed by atoms with Crippen molar-refractivity contribution in [2.75, 3.05) is 19.6 Å². The first kappa shape index (κ1) is 11.0. The Morgan fingerprint density at radius 1 is 1.46 bits per heavy atom. The molecule has 2 heteroatoms. The Bertz CT molecular complexity index is 136. The van der Waals surface area contributed by atoms with E-state index in [9.17, 15) is 0 Å². The molecule has 0 radical (unpaired) electrons. The zero-order chi connectivity index (χ0) is 9.68. The quantitative estimate of drug-likeness (QED) is 0.717. The minimum atomic E-state index is 0.680. The third kappa shape index (κ3) is 3.28. The Balaban J connectivity index is 2.37. The smallest absolute Gasteiger partial charge is 0.0167 e. The number of piperazine rings is 1. The van der Waals surface area contributed by atoms with Gasteiger partial charge in [0.05, 0.1) is 0 Å². The highest BCUT2D eigenvalue weighted by Crippen LogP contribution is 2.12. The Labute approximate surface area is 82.7 Å². The summed E-state index contributed by atoms with van der Waals surface area (Å²) >= 11 is 0. The fraction of sp³-hybridized carbons (Fsp3) is 1.00. The van der Waals surface area contributed by atoms with Crippen LogP contribution in [0.2, 0.25) is 0 Å². The van der Waals surface area contributed by atoms with Crippen molar-refractivity contribution in [3.05, 3.63) is 0 Å². The normalized spacial score (nSPS) is 27.5. The standard InChI is InChI=1S/C11H24N2/c1-4-6-11(5-2)13-8-7-12-10(3)9-13/h10-12H,4-9H2,1-3H3. The molecule has 78 valence electrons. The Morgan fingerprint density at radius 2 is 2.23 bits per heavy atom. The van der Waals surface area contributed by atoms with Gasteiger partial charge in [-0.05, 0) is 19.8 Å². The zero-order valence-electron chi connectivity index (χ0n) is 9.34. The van der Waals surface area contributed by atoms with Crippen LogP contribution in [0.3, 0.4) is 0 Å². The molecule has 1 heterocycles. The van der Waals surface area contributed by atoms with Gasteiger partial charge in [0.2, 0.25) is 0 Å². The Kier molecular flexibility index (Phi) is 4.74. The topological polar surface area (TPSA) is 15.3 Å². The maximum absolute atomic E-state index is 3.49. The maximum atomic E-state index is 3.49. The van der Waals surface area contributed by atoms with Gasteiger partial charge in [-0.25, -0.2) is 0 Å². The Hall–Kier alpha value is -0.0800. The van der Waals surface area contributed by atoms with Crippen LogP contribution >= 0.6 is 0 Å². The summed E-state index contributed by atoms with van der Waals surface area (Å²) < 4.78 is 0. The van der Waals surface area contributed by atoms with E-state index in [0.29, 0.717) is 6.04 Å². The van der Waals surface area contributed by atoms with Gasteiger partial charge < -0.3 is 5.32 Å². The highest BCUT2D eigenvalue weighted by Gasteiger charge is 2.21. The van der Waals surface area contributed by atoms with Crippen molar-refractivity contribution < 1.29 is 0 Å². The number of rotatable bonds is 4. The molecule has 0 spiro atoms. The molecule has 2 unspecified atom stereocenters. The summed E-state index contributed by atoms with van der Waals surface area (Å²) in [6.07, 6.45) is 3.99. The van der Waals surface area contributed by atoms with Crippen molar-refractivity contribution >= 4 is 0 Å². The molecule has 1 aliphatic rings. The number of nitrogens with zero attached hydrogens (tertiary/aromatic N) is 1. The summed E-state index contributed by atoms with van der Waals surface area (Å²) in [5.41, 5.74) is 0. The van der Waals surface area contributed by atoms with Gasteiger partial charge in [0.1, 0.15) is 0 Å². The van der Waals surface area contributed by atoms with Crippen LogP contribution in [0.1, 0.15) is 40.0 Å². The molecule has 2 nitrogen and oxygen atoms in total. The van der Waals surface area contributed by atoms with Gasteiger partial charge in [-0.15, -0.1) is 0 Å². The first-order valence-corrected chi connectivity index (χ1v) is 5.75. The maximum Gasteiger partial charge on any atom is 0.0167 e. The van der Waals surface area contributed by atoms with Gasteiger partial charge in [0.15, 0.2) is 0 Å². The van der Waals surface area contributed by atoms with E-state index in [1.807, 2.05) is 0 Å². The molecule has 1 N–H and O–H groups in total. The highest BCUT2D eigenvalue weighted by molar-refractivity contribution is 4.79. The van der Waals surface area contributed by atoms with Crippen LogP contribution in [0.5, 0.6) is 0 Å². The number of hydrogen-bond donors (Lipinski definition) is 1. The van der Waals surface area contributed by atoms with E-state index in [2.05, 4.69) is 31.0 Å². The monoisotopic (exact) mass is 184 g/mol.